The minimum absolute atomic E-state index is 0.0322. The third-order valence-electron chi connectivity index (χ3n) is 3.24. The van der Waals surface area contributed by atoms with Crippen LogP contribution < -0.4 is 10.1 Å². The third-order valence-corrected chi connectivity index (χ3v) is 3.68. The smallest absolute Gasteiger partial charge is 0.193 e. The fraction of sp³-hybridized carbons (Fsp3) is 0.375. The number of benzene rings is 1. The molecule has 0 amide bonds. The molecule has 0 spiro atoms. The van der Waals surface area contributed by atoms with Gasteiger partial charge in [-0.05, 0) is 66.9 Å². The highest BCUT2D eigenvalue weighted by Crippen LogP contribution is 2.29. The molecule has 5 heteroatoms. The van der Waals surface area contributed by atoms with Gasteiger partial charge in [-0.1, -0.05) is 18.5 Å². The maximum absolute atomic E-state index is 6.09. The zero-order valence-corrected chi connectivity index (χ0v) is 13.7. The first kappa shape index (κ1) is 16.2. The van der Waals surface area contributed by atoms with Gasteiger partial charge in [0.05, 0.1) is 13.2 Å². The van der Waals surface area contributed by atoms with E-state index in [-0.39, 0.29) is 6.04 Å². The Labute approximate surface area is 135 Å². The second kappa shape index (κ2) is 7.74. The lowest BCUT2D eigenvalue weighted by Crippen LogP contribution is -2.23. The number of ether oxygens (including phenoxy) is 1. The van der Waals surface area contributed by atoms with Crippen LogP contribution in [0.2, 0.25) is 10.2 Å². The molecular weight excluding hydrogens is 309 g/mol. The van der Waals surface area contributed by atoms with E-state index in [1.165, 1.54) is 0 Å². The van der Waals surface area contributed by atoms with E-state index in [0.717, 1.165) is 30.0 Å². The van der Waals surface area contributed by atoms with Crippen molar-refractivity contribution in [2.45, 2.75) is 25.8 Å². The lowest BCUT2D eigenvalue weighted by molar-refractivity contribution is 0.390. The van der Waals surface area contributed by atoms with E-state index in [2.05, 4.69) is 12.2 Å². The normalized spacial score (nSPS) is 12.4. The molecule has 3 nitrogen and oxygen atoms in total. The molecule has 1 atom stereocenters. The number of halogens is 2. The summed E-state index contributed by atoms with van der Waals surface area (Å²) in [6.07, 6.45) is 1.76. The van der Waals surface area contributed by atoms with Crippen LogP contribution in [0, 0.1) is 0 Å². The van der Waals surface area contributed by atoms with Gasteiger partial charge in [-0.2, -0.15) is 0 Å². The van der Waals surface area contributed by atoms with Gasteiger partial charge in [0.2, 0.25) is 0 Å². The Balaban J connectivity index is 2.24. The number of hydrogen-bond acceptors (Lipinski definition) is 3. The Morgan fingerprint density at radius 1 is 1.24 bits per heavy atom. The van der Waals surface area contributed by atoms with Gasteiger partial charge in [0.15, 0.2) is 5.22 Å². The summed E-state index contributed by atoms with van der Waals surface area (Å²) in [5, 5.41) is 4.55. The molecule has 21 heavy (non-hydrogen) atoms. The summed E-state index contributed by atoms with van der Waals surface area (Å²) < 4.78 is 11.0. The highest BCUT2D eigenvalue weighted by molar-refractivity contribution is 6.30. The van der Waals surface area contributed by atoms with Crippen molar-refractivity contribution in [2.75, 3.05) is 13.7 Å². The van der Waals surface area contributed by atoms with Crippen molar-refractivity contribution in [3.63, 3.8) is 0 Å². The molecule has 1 N–H and O–H groups in total. The van der Waals surface area contributed by atoms with Crippen LogP contribution in [0.15, 0.2) is 34.7 Å². The number of methoxy groups -OCH3 is 1. The highest BCUT2D eigenvalue weighted by atomic mass is 35.5. The first-order valence-electron chi connectivity index (χ1n) is 6.95. The molecule has 0 saturated heterocycles. The Bertz CT molecular complexity index is 583. The van der Waals surface area contributed by atoms with Gasteiger partial charge < -0.3 is 14.5 Å². The van der Waals surface area contributed by atoms with E-state index < -0.39 is 0 Å². The molecule has 0 aliphatic carbocycles. The van der Waals surface area contributed by atoms with Gasteiger partial charge in [-0.3, -0.25) is 0 Å². The van der Waals surface area contributed by atoms with Crippen LogP contribution in [0.25, 0.3) is 0 Å². The van der Waals surface area contributed by atoms with Crippen LogP contribution in [-0.2, 0) is 6.42 Å². The molecule has 0 aliphatic rings. The maximum atomic E-state index is 6.09. The van der Waals surface area contributed by atoms with Crippen LogP contribution in [0.4, 0.5) is 0 Å². The molecule has 0 aliphatic heterocycles. The lowest BCUT2D eigenvalue weighted by Gasteiger charge is -2.18. The fourth-order valence-corrected chi connectivity index (χ4v) is 2.58. The summed E-state index contributed by atoms with van der Waals surface area (Å²) in [5.41, 5.74) is 1.03. The minimum Gasteiger partial charge on any atom is -0.496 e. The summed E-state index contributed by atoms with van der Waals surface area (Å²) in [6.45, 7) is 3.02. The average Bonchev–Trinajstić information content (AvgIpc) is 2.90. The maximum Gasteiger partial charge on any atom is 0.193 e. The molecule has 0 saturated carbocycles. The van der Waals surface area contributed by atoms with Crippen molar-refractivity contribution in [1.82, 2.24) is 5.32 Å². The molecule has 2 aromatic rings. The molecule has 2 rings (SSSR count). The third kappa shape index (κ3) is 4.40. The van der Waals surface area contributed by atoms with Gasteiger partial charge in [0.1, 0.15) is 11.5 Å². The molecule has 1 heterocycles. The quantitative estimate of drug-likeness (QED) is 0.787. The number of furan rings is 1. The monoisotopic (exact) mass is 327 g/mol. The molecule has 1 unspecified atom stereocenters. The van der Waals surface area contributed by atoms with Crippen molar-refractivity contribution >= 4 is 23.2 Å². The van der Waals surface area contributed by atoms with Gasteiger partial charge in [-0.15, -0.1) is 0 Å². The Hall–Kier alpha value is -1.16. The minimum atomic E-state index is 0.0322. The van der Waals surface area contributed by atoms with Crippen molar-refractivity contribution in [2.24, 2.45) is 0 Å². The Morgan fingerprint density at radius 2 is 2.05 bits per heavy atom. The van der Waals surface area contributed by atoms with Crippen LogP contribution in [0.3, 0.4) is 0 Å². The van der Waals surface area contributed by atoms with Crippen molar-refractivity contribution in [3.05, 3.63) is 51.9 Å². The molecule has 1 aromatic heterocycles. The molecule has 0 radical (unpaired) electrons. The van der Waals surface area contributed by atoms with E-state index in [4.69, 9.17) is 32.4 Å². The van der Waals surface area contributed by atoms with Gasteiger partial charge in [0, 0.05) is 5.02 Å². The molecule has 0 fully saturated rings. The van der Waals surface area contributed by atoms with E-state index in [1.807, 2.05) is 24.3 Å². The van der Waals surface area contributed by atoms with Gasteiger partial charge in [0.25, 0.3) is 0 Å². The van der Waals surface area contributed by atoms with Crippen LogP contribution in [0.5, 0.6) is 5.75 Å². The topological polar surface area (TPSA) is 34.4 Å². The summed E-state index contributed by atoms with van der Waals surface area (Å²) in [4.78, 5) is 0. The first-order valence-corrected chi connectivity index (χ1v) is 7.70. The SMILES string of the molecule is CCCNC(Cc1cc(Cl)ccc1OC)c1ccc(Cl)o1. The largest absolute Gasteiger partial charge is 0.496 e. The number of nitrogens with one attached hydrogen (secondary N) is 1. The number of rotatable bonds is 7. The zero-order chi connectivity index (χ0) is 15.2. The van der Waals surface area contributed by atoms with Crippen molar-refractivity contribution in [3.8, 4) is 5.75 Å². The second-order valence-corrected chi connectivity index (χ2v) is 5.62. The van der Waals surface area contributed by atoms with Crippen molar-refractivity contribution in [1.29, 1.82) is 0 Å². The first-order chi connectivity index (χ1) is 10.1. The average molecular weight is 328 g/mol. The summed E-state index contributed by atoms with van der Waals surface area (Å²) in [5.74, 6) is 1.64. The molecule has 114 valence electrons. The zero-order valence-electron chi connectivity index (χ0n) is 12.2. The highest BCUT2D eigenvalue weighted by Gasteiger charge is 2.18. The van der Waals surface area contributed by atoms with E-state index >= 15 is 0 Å². The predicted molar refractivity (Wildman–Crippen MR) is 86.5 cm³/mol. The van der Waals surface area contributed by atoms with E-state index in [9.17, 15) is 0 Å². The van der Waals surface area contributed by atoms with Crippen LogP contribution >= 0.6 is 23.2 Å². The summed E-state index contributed by atoms with van der Waals surface area (Å²) in [7, 11) is 1.66. The fourth-order valence-electron chi connectivity index (χ4n) is 2.23. The Kier molecular flexibility index (Phi) is 5.97. The lowest BCUT2D eigenvalue weighted by atomic mass is 10.0. The molecular formula is C16H19Cl2NO2. The summed E-state index contributed by atoms with van der Waals surface area (Å²) in [6, 6.07) is 9.31. The molecule has 0 bridgehead atoms. The van der Waals surface area contributed by atoms with Gasteiger partial charge >= 0.3 is 0 Å². The van der Waals surface area contributed by atoms with Crippen LogP contribution in [-0.4, -0.2) is 13.7 Å². The number of hydrogen-bond donors (Lipinski definition) is 1. The van der Waals surface area contributed by atoms with Crippen LogP contribution in [0.1, 0.15) is 30.7 Å². The van der Waals surface area contributed by atoms with Crippen molar-refractivity contribution < 1.29 is 9.15 Å². The second-order valence-electron chi connectivity index (χ2n) is 4.81. The Morgan fingerprint density at radius 3 is 2.67 bits per heavy atom. The van der Waals surface area contributed by atoms with Gasteiger partial charge in [-0.25, -0.2) is 0 Å². The summed E-state index contributed by atoms with van der Waals surface area (Å²) >= 11 is 12.0. The standard InChI is InChI=1S/C16H19Cl2NO2/c1-3-8-19-13(15-6-7-16(18)21-15)10-11-9-12(17)4-5-14(11)20-2/h4-7,9,13,19H,3,8,10H2,1-2H3. The van der Waals surface area contributed by atoms with E-state index in [1.54, 1.807) is 13.2 Å². The van der Waals surface area contributed by atoms with E-state index in [0.29, 0.717) is 16.7 Å². The molecule has 1 aromatic carbocycles. The predicted octanol–water partition coefficient (Wildman–Crippen LogP) is 4.88.